The van der Waals surface area contributed by atoms with Crippen molar-refractivity contribution in [3.63, 3.8) is 0 Å². The molecular weight excluding hydrogens is 144 g/mol. The van der Waals surface area contributed by atoms with Crippen LogP contribution in [-0.4, -0.2) is 27.5 Å². The minimum absolute atomic E-state index is 0.112. The lowest BCUT2D eigenvalue weighted by Crippen LogP contribution is -2.37. The molecule has 6 nitrogen and oxygen atoms in total. The van der Waals surface area contributed by atoms with Gasteiger partial charge in [-0.3, -0.25) is 0 Å². The number of rotatable bonds is 3. The van der Waals surface area contributed by atoms with Gasteiger partial charge in [-0.15, -0.1) is 0 Å². The second-order valence-corrected chi connectivity index (χ2v) is 1.34. The maximum absolute atomic E-state index is 9.75. The molecule has 0 rings (SSSR count). The molecule has 0 aromatic carbocycles. The van der Waals surface area contributed by atoms with Gasteiger partial charge in [-0.25, -0.2) is 5.26 Å². The number of carbonyl (C=O) groups is 1. The number of carbonyl (C=O) groups excluding carboxylic acids is 1. The van der Waals surface area contributed by atoms with Crippen molar-refractivity contribution < 1.29 is 30.3 Å². The summed E-state index contributed by atoms with van der Waals surface area (Å²) in [6.45, 7) is 0. The van der Waals surface area contributed by atoms with Crippen LogP contribution in [-0.2, 0) is 9.68 Å². The van der Waals surface area contributed by atoms with Gasteiger partial charge in [-0.1, -0.05) is 0 Å². The van der Waals surface area contributed by atoms with Crippen molar-refractivity contribution in [3.8, 4) is 0 Å². The van der Waals surface area contributed by atoms with Crippen LogP contribution in [0.3, 0.4) is 0 Å². The molecule has 0 spiro atoms. The fraction of sp³-hybridized carbons (Fsp3) is 0.250. The van der Waals surface area contributed by atoms with Gasteiger partial charge in [-0.2, -0.15) is 0 Å². The predicted octanol–water partition coefficient (Wildman–Crippen LogP) is -2.01. The third-order valence-electron chi connectivity index (χ3n) is 0.725. The number of hydrogen-bond acceptors (Lipinski definition) is 6. The van der Waals surface area contributed by atoms with E-state index in [0.717, 1.165) is 0 Å². The predicted molar refractivity (Wildman–Crippen MR) is 25.4 cm³/mol. The normalized spacial score (nSPS) is 14.4. The first-order chi connectivity index (χ1) is 4.63. The van der Waals surface area contributed by atoms with Crippen LogP contribution in [0.1, 0.15) is 0 Å². The zero-order chi connectivity index (χ0) is 8.15. The molecule has 0 saturated carbocycles. The Kier molecular flexibility index (Phi) is 3.23. The van der Waals surface area contributed by atoms with Crippen LogP contribution < -0.4 is 5.11 Å². The highest BCUT2D eigenvalue weighted by atomic mass is 17.1. The van der Waals surface area contributed by atoms with E-state index in [-0.39, 0.29) is 6.26 Å². The standard InChI is InChI=1S/C4H6O6/c5-1-2(10-9)3(6)4(7)8/h1,3,5-6,9H,(H,7,8)/p-1/b2-1-. The topological polar surface area (TPSA) is 110 Å². The van der Waals surface area contributed by atoms with E-state index in [1.54, 1.807) is 0 Å². The minimum atomic E-state index is -2.16. The van der Waals surface area contributed by atoms with E-state index < -0.39 is 17.8 Å². The van der Waals surface area contributed by atoms with Crippen LogP contribution in [0, 0.1) is 0 Å². The zero-order valence-corrected chi connectivity index (χ0v) is 4.72. The SMILES string of the molecule is O=C([O-])C(O)/C(=C/O)OO. The summed E-state index contributed by atoms with van der Waals surface area (Å²) >= 11 is 0. The molecule has 0 aromatic heterocycles. The highest BCUT2D eigenvalue weighted by molar-refractivity contribution is 5.72. The summed E-state index contributed by atoms with van der Waals surface area (Å²) in [4.78, 5) is 13.0. The van der Waals surface area contributed by atoms with Gasteiger partial charge in [0, 0.05) is 0 Å². The van der Waals surface area contributed by atoms with E-state index in [4.69, 9.17) is 15.5 Å². The van der Waals surface area contributed by atoms with E-state index in [1.807, 2.05) is 0 Å². The van der Waals surface area contributed by atoms with Crippen molar-refractivity contribution in [1.29, 1.82) is 0 Å². The second-order valence-electron chi connectivity index (χ2n) is 1.34. The summed E-state index contributed by atoms with van der Waals surface area (Å²) in [5.74, 6) is -2.78. The lowest BCUT2D eigenvalue weighted by molar-refractivity contribution is -0.318. The number of carboxylic acids is 1. The summed E-state index contributed by atoms with van der Waals surface area (Å²) in [6.07, 6.45) is -2.05. The Bertz CT molecular complexity index is 150. The van der Waals surface area contributed by atoms with Crippen LogP contribution in [0.25, 0.3) is 0 Å². The summed E-state index contributed by atoms with van der Waals surface area (Å²) in [5.41, 5.74) is 0. The number of aliphatic carboxylic acids is 1. The molecule has 0 aliphatic rings. The first-order valence-corrected chi connectivity index (χ1v) is 2.18. The molecule has 0 radical (unpaired) electrons. The first kappa shape index (κ1) is 8.73. The lowest BCUT2D eigenvalue weighted by Gasteiger charge is -2.10. The van der Waals surface area contributed by atoms with Gasteiger partial charge >= 0.3 is 0 Å². The maximum Gasteiger partial charge on any atom is 0.210 e. The number of aliphatic hydroxyl groups excluding tert-OH is 2. The average Bonchev–Trinajstić information content (AvgIpc) is 1.90. The van der Waals surface area contributed by atoms with Gasteiger partial charge in [0.2, 0.25) is 5.76 Å². The monoisotopic (exact) mass is 149 g/mol. The Hall–Kier alpha value is -1.27. The van der Waals surface area contributed by atoms with Gasteiger partial charge in [0.1, 0.15) is 6.26 Å². The molecule has 0 heterocycles. The van der Waals surface area contributed by atoms with Crippen molar-refractivity contribution in [3.05, 3.63) is 12.0 Å². The van der Waals surface area contributed by atoms with Crippen LogP contribution in [0.15, 0.2) is 12.0 Å². The van der Waals surface area contributed by atoms with Crippen molar-refractivity contribution in [2.45, 2.75) is 6.10 Å². The van der Waals surface area contributed by atoms with Crippen molar-refractivity contribution in [1.82, 2.24) is 0 Å². The second kappa shape index (κ2) is 3.70. The number of aliphatic hydroxyl groups is 2. The highest BCUT2D eigenvalue weighted by Gasteiger charge is 2.13. The molecule has 1 atom stereocenters. The summed E-state index contributed by atoms with van der Waals surface area (Å²) in [5, 5.41) is 34.0. The van der Waals surface area contributed by atoms with Crippen LogP contribution >= 0.6 is 0 Å². The van der Waals surface area contributed by atoms with Gasteiger partial charge in [0.25, 0.3) is 0 Å². The van der Waals surface area contributed by atoms with Gasteiger partial charge in [0.05, 0.1) is 5.97 Å². The third kappa shape index (κ3) is 1.92. The number of carboxylic acid groups (broad SMARTS) is 1. The highest BCUT2D eigenvalue weighted by Crippen LogP contribution is 1.99. The van der Waals surface area contributed by atoms with E-state index in [9.17, 15) is 9.90 Å². The largest absolute Gasteiger partial charge is 0.547 e. The molecule has 0 saturated heterocycles. The van der Waals surface area contributed by atoms with E-state index in [0.29, 0.717) is 0 Å². The van der Waals surface area contributed by atoms with Crippen molar-refractivity contribution >= 4 is 5.97 Å². The molecule has 0 aliphatic heterocycles. The quantitative estimate of drug-likeness (QED) is 0.243. The smallest absolute Gasteiger partial charge is 0.210 e. The molecule has 3 N–H and O–H groups in total. The van der Waals surface area contributed by atoms with Crippen LogP contribution in [0.4, 0.5) is 0 Å². The van der Waals surface area contributed by atoms with Gasteiger partial charge in [-0.05, 0) is 0 Å². The molecule has 58 valence electrons. The molecule has 0 amide bonds. The third-order valence-corrected chi connectivity index (χ3v) is 0.725. The van der Waals surface area contributed by atoms with E-state index >= 15 is 0 Å². The first-order valence-electron chi connectivity index (χ1n) is 2.18. The molecular formula is C4H5O6-. The number of hydrogen-bond donors (Lipinski definition) is 3. The van der Waals surface area contributed by atoms with E-state index in [2.05, 4.69) is 4.89 Å². The van der Waals surface area contributed by atoms with Crippen molar-refractivity contribution in [2.24, 2.45) is 0 Å². The van der Waals surface area contributed by atoms with Crippen molar-refractivity contribution in [2.75, 3.05) is 0 Å². The Labute approximate surface area is 55.5 Å². The lowest BCUT2D eigenvalue weighted by atomic mass is 10.3. The van der Waals surface area contributed by atoms with Gasteiger partial charge < -0.3 is 25.0 Å². The summed E-state index contributed by atoms with van der Waals surface area (Å²) in [7, 11) is 0. The minimum Gasteiger partial charge on any atom is -0.547 e. The molecule has 1 unspecified atom stereocenters. The average molecular weight is 149 g/mol. The van der Waals surface area contributed by atoms with E-state index in [1.165, 1.54) is 0 Å². The molecule has 0 fully saturated rings. The Morgan fingerprint density at radius 2 is 2.20 bits per heavy atom. The molecule has 0 bridgehead atoms. The molecule has 10 heavy (non-hydrogen) atoms. The molecule has 0 aliphatic carbocycles. The Morgan fingerprint density at radius 3 is 2.30 bits per heavy atom. The Morgan fingerprint density at radius 1 is 1.70 bits per heavy atom. The Balaban J connectivity index is 4.17. The fourth-order valence-corrected chi connectivity index (χ4v) is 0.260. The molecule has 6 heteroatoms. The zero-order valence-electron chi connectivity index (χ0n) is 4.72. The maximum atomic E-state index is 9.75. The van der Waals surface area contributed by atoms with Gasteiger partial charge in [0.15, 0.2) is 6.10 Å². The summed E-state index contributed by atoms with van der Waals surface area (Å²) in [6, 6.07) is 0. The van der Waals surface area contributed by atoms with Crippen LogP contribution in [0.5, 0.6) is 0 Å². The fourth-order valence-electron chi connectivity index (χ4n) is 0.260. The molecule has 0 aromatic rings. The van der Waals surface area contributed by atoms with Crippen LogP contribution in [0.2, 0.25) is 0 Å². The summed E-state index contributed by atoms with van der Waals surface area (Å²) < 4.78 is 0.